The zero-order valence-electron chi connectivity index (χ0n) is 14.0. The second-order valence-electron chi connectivity index (χ2n) is 6.24. The summed E-state index contributed by atoms with van der Waals surface area (Å²) in [6.45, 7) is 0. The standard InChI is InChI=1S/C19H17ClN4OS/c1-23-9-7-12(11-23)18-17(14-4-2-3-8-21-14)22-19(26)24(18)15-10-13(20)5-6-16(15)25/h2-11,17-18,25H,1H3,(H,22,26)/t17-,18-/m0/s1. The second kappa shape index (κ2) is 6.63. The topological polar surface area (TPSA) is 53.3 Å². The van der Waals surface area contributed by atoms with Gasteiger partial charge in [0, 0.05) is 30.7 Å². The molecule has 0 bridgehead atoms. The molecule has 0 radical (unpaired) electrons. The smallest absolute Gasteiger partial charge is 0.174 e. The van der Waals surface area contributed by atoms with Gasteiger partial charge >= 0.3 is 0 Å². The number of hydrogen-bond acceptors (Lipinski definition) is 3. The maximum absolute atomic E-state index is 10.4. The lowest BCUT2D eigenvalue weighted by atomic mass is 9.98. The van der Waals surface area contributed by atoms with E-state index < -0.39 is 0 Å². The lowest BCUT2D eigenvalue weighted by Gasteiger charge is -2.27. The van der Waals surface area contributed by atoms with Crippen molar-refractivity contribution in [3.8, 4) is 5.75 Å². The van der Waals surface area contributed by atoms with Crippen LogP contribution in [0.1, 0.15) is 23.3 Å². The predicted octanol–water partition coefficient (Wildman–Crippen LogP) is 3.96. The minimum absolute atomic E-state index is 0.126. The Hall–Kier alpha value is -2.57. The maximum Gasteiger partial charge on any atom is 0.174 e. The van der Waals surface area contributed by atoms with Gasteiger partial charge < -0.3 is 19.9 Å². The Bertz CT molecular complexity index is 959. The van der Waals surface area contributed by atoms with Crippen molar-refractivity contribution in [2.75, 3.05) is 4.90 Å². The fourth-order valence-electron chi connectivity index (χ4n) is 3.34. The van der Waals surface area contributed by atoms with Gasteiger partial charge in [-0.05, 0) is 54.2 Å². The Labute approximate surface area is 161 Å². The van der Waals surface area contributed by atoms with Gasteiger partial charge in [-0.3, -0.25) is 4.98 Å². The van der Waals surface area contributed by atoms with Crippen LogP contribution in [0.25, 0.3) is 0 Å². The maximum atomic E-state index is 10.4. The van der Waals surface area contributed by atoms with E-state index in [1.807, 2.05) is 53.2 Å². The van der Waals surface area contributed by atoms with E-state index in [9.17, 15) is 5.11 Å². The molecule has 2 aromatic heterocycles. The third-order valence-corrected chi connectivity index (χ3v) is 5.04. The molecule has 3 heterocycles. The number of phenolic OH excluding ortho intramolecular Hbond substituents is 1. The molecule has 26 heavy (non-hydrogen) atoms. The molecule has 5 nitrogen and oxygen atoms in total. The number of hydrogen-bond donors (Lipinski definition) is 2. The van der Waals surface area contributed by atoms with E-state index in [1.165, 1.54) is 0 Å². The Morgan fingerprint density at radius 2 is 2.08 bits per heavy atom. The first-order valence-corrected chi connectivity index (χ1v) is 8.94. The van der Waals surface area contributed by atoms with Crippen LogP contribution in [0.15, 0.2) is 61.1 Å². The first-order valence-electron chi connectivity index (χ1n) is 8.15. The molecule has 1 aromatic carbocycles. The molecule has 1 aliphatic heterocycles. The molecule has 1 aliphatic rings. The third kappa shape index (κ3) is 2.91. The number of halogens is 1. The van der Waals surface area contributed by atoms with E-state index in [0.717, 1.165) is 11.3 Å². The molecule has 0 aliphatic carbocycles. The van der Waals surface area contributed by atoms with Crippen LogP contribution in [0.2, 0.25) is 5.02 Å². The largest absolute Gasteiger partial charge is 0.506 e. The van der Waals surface area contributed by atoms with E-state index >= 15 is 0 Å². The molecule has 3 aromatic rings. The molecule has 132 valence electrons. The van der Waals surface area contributed by atoms with Gasteiger partial charge in [-0.2, -0.15) is 0 Å². The van der Waals surface area contributed by atoms with Crippen LogP contribution < -0.4 is 10.2 Å². The molecule has 2 atom stereocenters. The Morgan fingerprint density at radius 3 is 2.77 bits per heavy atom. The first kappa shape index (κ1) is 16.9. The molecule has 0 unspecified atom stereocenters. The van der Waals surface area contributed by atoms with Crippen LogP contribution in [-0.2, 0) is 7.05 Å². The number of aryl methyl sites for hydroxylation is 1. The van der Waals surface area contributed by atoms with E-state index in [1.54, 1.807) is 24.4 Å². The molecule has 2 N–H and O–H groups in total. The number of thiocarbonyl (C=S) groups is 1. The van der Waals surface area contributed by atoms with Crippen LogP contribution in [0, 0.1) is 0 Å². The monoisotopic (exact) mass is 384 g/mol. The van der Waals surface area contributed by atoms with Crippen molar-refractivity contribution in [1.29, 1.82) is 0 Å². The van der Waals surface area contributed by atoms with Crippen molar-refractivity contribution in [2.45, 2.75) is 12.1 Å². The number of aromatic nitrogens is 2. The molecule has 7 heteroatoms. The summed E-state index contributed by atoms with van der Waals surface area (Å²) in [5.41, 5.74) is 2.52. The lowest BCUT2D eigenvalue weighted by molar-refractivity contribution is 0.473. The van der Waals surface area contributed by atoms with E-state index in [0.29, 0.717) is 15.8 Å². The Kier molecular flexibility index (Phi) is 4.30. The third-order valence-electron chi connectivity index (χ3n) is 4.49. The summed E-state index contributed by atoms with van der Waals surface area (Å²) in [5, 5.41) is 14.8. The number of aromatic hydroxyl groups is 1. The molecule has 0 saturated carbocycles. The average Bonchev–Trinajstić information content (AvgIpc) is 3.21. The summed E-state index contributed by atoms with van der Waals surface area (Å²) >= 11 is 11.8. The first-order chi connectivity index (χ1) is 12.5. The Morgan fingerprint density at radius 1 is 1.23 bits per heavy atom. The van der Waals surface area contributed by atoms with Gasteiger partial charge in [-0.25, -0.2) is 0 Å². The van der Waals surface area contributed by atoms with Crippen molar-refractivity contribution in [1.82, 2.24) is 14.9 Å². The van der Waals surface area contributed by atoms with Gasteiger partial charge in [-0.15, -0.1) is 0 Å². The fourth-order valence-corrected chi connectivity index (χ4v) is 3.85. The summed E-state index contributed by atoms with van der Waals surface area (Å²) < 4.78 is 1.99. The van der Waals surface area contributed by atoms with Crippen LogP contribution in [0.4, 0.5) is 5.69 Å². The number of pyridine rings is 1. The summed E-state index contributed by atoms with van der Waals surface area (Å²) in [6, 6.07) is 12.5. The number of nitrogens with one attached hydrogen (secondary N) is 1. The van der Waals surface area contributed by atoms with Gasteiger partial charge in [0.2, 0.25) is 0 Å². The van der Waals surface area contributed by atoms with Crippen LogP contribution in [0.5, 0.6) is 5.75 Å². The highest BCUT2D eigenvalue weighted by molar-refractivity contribution is 7.80. The molecule has 0 amide bonds. The number of phenols is 1. The van der Waals surface area contributed by atoms with Gasteiger partial charge in [0.05, 0.1) is 23.5 Å². The number of rotatable bonds is 3. The number of nitrogens with zero attached hydrogens (tertiary/aromatic N) is 3. The highest BCUT2D eigenvalue weighted by Crippen LogP contribution is 2.44. The molecular weight excluding hydrogens is 368 g/mol. The predicted molar refractivity (Wildman–Crippen MR) is 106 cm³/mol. The minimum Gasteiger partial charge on any atom is -0.506 e. The molecule has 1 saturated heterocycles. The zero-order valence-corrected chi connectivity index (χ0v) is 15.6. The average molecular weight is 385 g/mol. The minimum atomic E-state index is -0.164. The van der Waals surface area contributed by atoms with Crippen LogP contribution in [-0.4, -0.2) is 19.8 Å². The summed E-state index contributed by atoms with van der Waals surface area (Å²) in [5.74, 6) is 0.126. The second-order valence-corrected chi connectivity index (χ2v) is 7.06. The highest BCUT2D eigenvalue weighted by atomic mass is 35.5. The van der Waals surface area contributed by atoms with Crippen LogP contribution >= 0.6 is 23.8 Å². The van der Waals surface area contributed by atoms with E-state index in [2.05, 4.69) is 10.3 Å². The van der Waals surface area contributed by atoms with Crippen molar-refractivity contribution in [3.05, 3.63) is 77.3 Å². The summed E-state index contributed by atoms with van der Waals surface area (Å²) in [7, 11) is 1.97. The van der Waals surface area contributed by atoms with E-state index in [4.69, 9.17) is 23.8 Å². The number of benzene rings is 1. The number of anilines is 1. The normalized spacial score (nSPS) is 19.6. The van der Waals surface area contributed by atoms with Gasteiger partial charge in [-0.1, -0.05) is 17.7 Å². The zero-order chi connectivity index (χ0) is 18.3. The molecule has 1 fully saturated rings. The molecule has 4 rings (SSSR count). The van der Waals surface area contributed by atoms with Gasteiger partial charge in [0.15, 0.2) is 5.11 Å². The summed E-state index contributed by atoms with van der Waals surface area (Å²) in [6.07, 6.45) is 5.80. The molecule has 0 spiro atoms. The van der Waals surface area contributed by atoms with Crippen molar-refractivity contribution >= 4 is 34.6 Å². The Balaban J connectivity index is 1.86. The van der Waals surface area contributed by atoms with Crippen molar-refractivity contribution in [2.24, 2.45) is 7.05 Å². The highest BCUT2D eigenvalue weighted by Gasteiger charge is 2.41. The SMILES string of the molecule is Cn1ccc([C@H]2[C@H](c3ccccn3)NC(=S)N2c2cc(Cl)ccc2O)c1. The lowest BCUT2D eigenvalue weighted by Crippen LogP contribution is -2.29. The van der Waals surface area contributed by atoms with Crippen LogP contribution in [0.3, 0.4) is 0 Å². The van der Waals surface area contributed by atoms with E-state index in [-0.39, 0.29) is 17.8 Å². The van der Waals surface area contributed by atoms with Gasteiger partial charge in [0.1, 0.15) is 5.75 Å². The van der Waals surface area contributed by atoms with Crippen molar-refractivity contribution < 1.29 is 5.11 Å². The summed E-state index contributed by atoms with van der Waals surface area (Å²) in [4.78, 5) is 6.41. The fraction of sp³-hybridized carbons (Fsp3) is 0.158. The van der Waals surface area contributed by atoms with Gasteiger partial charge in [0.25, 0.3) is 0 Å². The quantitative estimate of drug-likeness (QED) is 0.669. The van der Waals surface area contributed by atoms with Crippen molar-refractivity contribution in [3.63, 3.8) is 0 Å². The molecular formula is C19H17ClN4OS.